The highest BCUT2D eigenvalue weighted by Gasteiger charge is 2.28. The summed E-state index contributed by atoms with van der Waals surface area (Å²) in [5, 5.41) is 11.1. The van der Waals surface area contributed by atoms with Crippen LogP contribution >= 0.6 is 0 Å². The fourth-order valence-corrected chi connectivity index (χ4v) is 2.75. The molecular formula is C19H24O. The molecule has 1 heteroatoms. The van der Waals surface area contributed by atoms with Crippen molar-refractivity contribution in [1.82, 2.24) is 0 Å². The Hall–Kier alpha value is -1.60. The van der Waals surface area contributed by atoms with Crippen LogP contribution in [0.15, 0.2) is 48.5 Å². The molecular weight excluding hydrogens is 244 g/mol. The van der Waals surface area contributed by atoms with E-state index in [1.807, 2.05) is 30.3 Å². The van der Waals surface area contributed by atoms with Crippen LogP contribution in [0.3, 0.4) is 0 Å². The molecule has 0 amide bonds. The lowest BCUT2D eigenvalue weighted by molar-refractivity contribution is 0.0269. The third-order valence-electron chi connectivity index (χ3n) is 4.04. The van der Waals surface area contributed by atoms with Crippen LogP contribution in [0.5, 0.6) is 0 Å². The molecule has 2 aromatic carbocycles. The van der Waals surface area contributed by atoms with Gasteiger partial charge in [-0.2, -0.15) is 0 Å². The Bertz CT molecular complexity index is 559. The zero-order valence-electron chi connectivity index (χ0n) is 12.7. The summed E-state index contributed by atoms with van der Waals surface area (Å²) in [4.78, 5) is 0. The molecule has 0 aromatic heterocycles. The van der Waals surface area contributed by atoms with Crippen molar-refractivity contribution >= 4 is 0 Å². The van der Waals surface area contributed by atoms with Crippen molar-refractivity contribution < 1.29 is 5.11 Å². The lowest BCUT2D eigenvalue weighted by atomic mass is 9.83. The highest BCUT2D eigenvalue weighted by Crippen LogP contribution is 2.31. The second-order valence-electron chi connectivity index (χ2n) is 5.74. The van der Waals surface area contributed by atoms with Crippen molar-refractivity contribution in [2.24, 2.45) is 0 Å². The average molecular weight is 268 g/mol. The van der Waals surface area contributed by atoms with Crippen molar-refractivity contribution in [3.8, 4) is 0 Å². The Morgan fingerprint density at radius 1 is 0.950 bits per heavy atom. The first kappa shape index (κ1) is 14.8. The molecule has 1 nitrogen and oxygen atoms in total. The zero-order valence-corrected chi connectivity index (χ0v) is 12.7. The van der Waals surface area contributed by atoms with Crippen molar-refractivity contribution in [3.63, 3.8) is 0 Å². The lowest BCUT2D eigenvalue weighted by Gasteiger charge is -2.29. The molecule has 106 valence electrons. The average Bonchev–Trinajstić information content (AvgIpc) is 2.44. The van der Waals surface area contributed by atoms with Crippen molar-refractivity contribution in [2.45, 2.75) is 45.6 Å². The van der Waals surface area contributed by atoms with Gasteiger partial charge in [0.25, 0.3) is 0 Å². The van der Waals surface area contributed by atoms with Gasteiger partial charge in [0.1, 0.15) is 0 Å². The second kappa shape index (κ2) is 6.23. The minimum atomic E-state index is -0.766. The molecule has 20 heavy (non-hydrogen) atoms. The zero-order chi connectivity index (χ0) is 14.6. The number of hydrogen-bond donors (Lipinski definition) is 1. The summed E-state index contributed by atoms with van der Waals surface area (Å²) in [6.45, 7) is 6.36. The molecule has 1 atom stereocenters. The summed E-state index contributed by atoms with van der Waals surface area (Å²) < 4.78 is 0. The predicted molar refractivity (Wildman–Crippen MR) is 84.9 cm³/mol. The Labute approximate surface area is 122 Å². The van der Waals surface area contributed by atoms with E-state index in [2.05, 4.69) is 39.0 Å². The quantitative estimate of drug-likeness (QED) is 0.844. The van der Waals surface area contributed by atoms with Crippen LogP contribution in [0, 0.1) is 13.8 Å². The summed E-state index contributed by atoms with van der Waals surface area (Å²) in [5.74, 6) is 0. The summed E-state index contributed by atoms with van der Waals surface area (Å²) in [7, 11) is 0. The van der Waals surface area contributed by atoms with E-state index in [1.165, 1.54) is 16.7 Å². The van der Waals surface area contributed by atoms with E-state index >= 15 is 0 Å². The van der Waals surface area contributed by atoms with E-state index in [1.54, 1.807) is 0 Å². The first-order chi connectivity index (χ1) is 9.55. The molecule has 0 aliphatic carbocycles. The summed E-state index contributed by atoms with van der Waals surface area (Å²) in [6, 6.07) is 16.5. The molecule has 0 radical (unpaired) electrons. The second-order valence-corrected chi connectivity index (χ2v) is 5.74. The number of rotatable bonds is 5. The largest absolute Gasteiger partial charge is 0.385 e. The smallest absolute Gasteiger partial charge is 0.0936 e. The van der Waals surface area contributed by atoms with Gasteiger partial charge in [-0.15, -0.1) is 0 Å². The minimum Gasteiger partial charge on any atom is -0.385 e. The minimum absolute atomic E-state index is 0.673. The molecule has 1 unspecified atom stereocenters. The van der Waals surface area contributed by atoms with Crippen LogP contribution in [0.2, 0.25) is 0 Å². The standard InChI is InChI=1S/C19H24O/c1-4-12-19(20,18-8-6-5-7-9-18)14-17-11-10-15(2)16(3)13-17/h5-11,13,20H,4,12,14H2,1-3H3. The van der Waals surface area contributed by atoms with Gasteiger partial charge < -0.3 is 5.11 Å². The van der Waals surface area contributed by atoms with Gasteiger partial charge in [0.05, 0.1) is 5.60 Å². The van der Waals surface area contributed by atoms with Crippen LogP contribution in [0.1, 0.15) is 42.0 Å². The van der Waals surface area contributed by atoms with Gasteiger partial charge in [-0.25, -0.2) is 0 Å². The van der Waals surface area contributed by atoms with E-state index in [4.69, 9.17) is 0 Å². The van der Waals surface area contributed by atoms with Crippen LogP contribution in [0.25, 0.3) is 0 Å². The van der Waals surface area contributed by atoms with Crippen LogP contribution in [0.4, 0.5) is 0 Å². The summed E-state index contributed by atoms with van der Waals surface area (Å²) in [5.41, 5.74) is 4.03. The fourth-order valence-electron chi connectivity index (χ4n) is 2.75. The summed E-state index contributed by atoms with van der Waals surface area (Å²) in [6.07, 6.45) is 2.42. The Balaban J connectivity index is 2.31. The molecule has 0 aliphatic rings. The van der Waals surface area contributed by atoms with Gasteiger partial charge >= 0.3 is 0 Å². The maximum absolute atomic E-state index is 11.1. The highest BCUT2D eigenvalue weighted by atomic mass is 16.3. The van der Waals surface area contributed by atoms with Gasteiger partial charge in [-0.3, -0.25) is 0 Å². The molecule has 2 aromatic rings. The molecule has 0 aliphatic heterocycles. The molecule has 0 fully saturated rings. The third kappa shape index (κ3) is 3.29. The molecule has 0 saturated carbocycles. The van der Waals surface area contributed by atoms with E-state index in [0.717, 1.165) is 18.4 Å². The maximum atomic E-state index is 11.1. The molecule has 0 saturated heterocycles. The lowest BCUT2D eigenvalue weighted by Crippen LogP contribution is -2.28. The van der Waals surface area contributed by atoms with Crippen LogP contribution in [-0.4, -0.2) is 5.11 Å². The van der Waals surface area contributed by atoms with E-state index < -0.39 is 5.60 Å². The number of hydrogen-bond acceptors (Lipinski definition) is 1. The Morgan fingerprint density at radius 2 is 1.65 bits per heavy atom. The third-order valence-corrected chi connectivity index (χ3v) is 4.04. The van der Waals surface area contributed by atoms with Gasteiger partial charge in [-0.05, 0) is 42.5 Å². The van der Waals surface area contributed by atoms with Crippen LogP contribution < -0.4 is 0 Å². The van der Waals surface area contributed by atoms with E-state index in [9.17, 15) is 5.11 Å². The van der Waals surface area contributed by atoms with Gasteiger partial charge in [0.2, 0.25) is 0 Å². The van der Waals surface area contributed by atoms with Crippen molar-refractivity contribution in [2.75, 3.05) is 0 Å². The van der Waals surface area contributed by atoms with Crippen molar-refractivity contribution in [3.05, 3.63) is 70.8 Å². The van der Waals surface area contributed by atoms with Gasteiger partial charge in [0.15, 0.2) is 0 Å². The number of aryl methyl sites for hydroxylation is 2. The topological polar surface area (TPSA) is 20.2 Å². The number of aliphatic hydroxyl groups is 1. The molecule has 0 bridgehead atoms. The SMILES string of the molecule is CCCC(O)(Cc1ccc(C)c(C)c1)c1ccccc1. The monoisotopic (exact) mass is 268 g/mol. The van der Waals surface area contributed by atoms with E-state index in [0.29, 0.717) is 6.42 Å². The van der Waals surface area contributed by atoms with Gasteiger partial charge in [0, 0.05) is 6.42 Å². The first-order valence-corrected chi connectivity index (χ1v) is 7.39. The Morgan fingerprint density at radius 3 is 2.25 bits per heavy atom. The molecule has 0 heterocycles. The predicted octanol–water partition coefficient (Wildman–Crippen LogP) is 4.53. The number of benzene rings is 2. The molecule has 2 rings (SSSR count). The molecule has 1 N–H and O–H groups in total. The van der Waals surface area contributed by atoms with Gasteiger partial charge in [-0.1, -0.05) is 61.9 Å². The first-order valence-electron chi connectivity index (χ1n) is 7.39. The molecule has 0 spiro atoms. The van der Waals surface area contributed by atoms with Crippen molar-refractivity contribution in [1.29, 1.82) is 0 Å². The highest BCUT2D eigenvalue weighted by molar-refractivity contribution is 5.33. The normalized spacial score (nSPS) is 14.0. The Kier molecular flexibility index (Phi) is 4.61. The van der Waals surface area contributed by atoms with Crippen LogP contribution in [-0.2, 0) is 12.0 Å². The fraction of sp³-hybridized carbons (Fsp3) is 0.368. The van der Waals surface area contributed by atoms with E-state index in [-0.39, 0.29) is 0 Å². The summed E-state index contributed by atoms with van der Waals surface area (Å²) >= 11 is 0. The maximum Gasteiger partial charge on any atom is 0.0936 e.